The van der Waals surface area contributed by atoms with Crippen molar-refractivity contribution >= 4 is 11.4 Å². The highest BCUT2D eigenvalue weighted by Gasteiger charge is 2.21. The normalized spacial score (nSPS) is 14.6. The maximum Gasteiger partial charge on any atom is 0.168 e. The molecule has 0 unspecified atom stereocenters. The molecule has 1 heterocycles. The van der Waals surface area contributed by atoms with Crippen molar-refractivity contribution in [2.45, 2.75) is 0 Å². The summed E-state index contributed by atoms with van der Waals surface area (Å²) in [5.74, 6) is -1.30. The van der Waals surface area contributed by atoms with Gasteiger partial charge in [-0.1, -0.05) is 6.58 Å². The van der Waals surface area contributed by atoms with E-state index in [2.05, 4.69) is 11.6 Å². The molecule has 0 bridgehead atoms. The number of ether oxygens (including phenoxy) is 1. The Labute approximate surface area is 96.9 Å². The summed E-state index contributed by atoms with van der Waals surface area (Å²) in [6.45, 7) is 3.70. The third-order valence-corrected chi connectivity index (χ3v) is 2.47. The molecule has 5 heteroatoms. The van der Waals surface area contributed by atoms with Crippen LogP contribution in [0, 0.1) is 11.6 Å². The molecule has 0 saturated carbocycles. The van der Waals surface area contributed by atoms with Crippen molar-refractivity contribution in [3.63, 3.8) is 0 Å². The highest BCUT2D eigenvalue weighted by Crippen LogP contribution is 2.35. The minimum atomic E-state index is -0.776. The van der Waals surface area contributed by atoms with E-state index < -0.39 is 11.6 Å². The van der Waals surface area contributed by atoms with Crippen LogP contribution < -0.4 is 10.5 Å². The van der Waals surface area contributed by atoms with Crippen molar-refractivity contribution in [1.82, 2.24) is 0 Å². The van der Waals surface area contributed by atoms with Gasteiger partial charge in [-0.25, -0.2) is 13.8 Å². The molecule has 17 heavy (non-hydrogen) atoms. The lowest BCUT2D eigenvalue weighted by Gasteiger charge is -2.11. The number of rotatable bonds is 2. The van der Waals surface area contributed by atoms with Crippen LogP contribution in [0.3, 0.4) is 0 Å². The van der Waals surface area contributed by atoms with E-state index in [9.17, 15) is 8.78 Å². The van der Waals surface area contributed by atoms with Gasteiger partial charge < -0.3 is 10.5 Å². The zero-order valence-corrected chi connectivity index (χ0v) is 9.13. The molecule has 0 spiro atoms. The Morgan fingerprint density at radius 2 is 2.06 bits per heavy atom. The first-order chi connectivity index (χ1) is 8.04. The fraction of sp³-hybridized carbons (Fsp3) is 0.0833. The van der Waals surface area contributed by atoms with Crippen molar-refractivity contribution in [2.75, 3.05) is 7.11 Å². The van der Waals surface area contributed by atoms with Crippen LogP contribution in [0.2, 0.25) is 0 Å². The first-order valence-corrected chi connectivity index (χ1v) is 4.81. The maximum atomic E-state index is 13.5. The average molecular weight is 236 g/mol. The Balaban J connectivity index is 2.57. The minimum absolute atomic E-state index is 0.0521. The fourth-order valence-corrected chi connectivity index (χ4v) is 1.63. The van der Waals surface area contributed by atoms with Gasteiger partial charge in [0.1, 0.15) is 11.7 Å². The van der Waals surface area contributed by atoms with Gasteiger partial charge in [-0.15, -0.1) is 0 Å². The lowest BCUT2D eigenvalue weighted by Crippen LogP contribution is -2.11. The molecular formula is C12H10F2N2O. The summed E-state index contributed by atoms with van der Waals surface area (Å²) in [4.78, 5) is 3.84. The number of halogens is 2. The molecule has 0 aliphatic carbocycles. The Bertz CT molecular complexity index is 562. The number of hydrogen-bond donors (Lipinski definition) is 1. The largest absolute Gasteiger partial charge is 0.493 e. The van der Waals surface area contributed by atoms with Crippen molar-refractivity contribution in [2.24, 2.45) is 10.7 Å². The van der Waals surface area contributed by atoms with Crippen LogP contribution in [0.5, 0.6) is 5.75 Å². The number of aliphatic imine (C=N–C) groups is 1. The number of nitrogens with zero attached hydrogens (tertiary/aromatic N) is 1. The number of benzene rings is 1. The SMILES string of the molecule is C=C1C(c2cc(F)cc(F)c2OC)=CN=C1N. The van der Waals surface area contributed by atoms with Gasteiger partial charge in [0.05, 0.1) is 7.11 Å². The lowest BCUT2D eigenvalue weighted by atomic mass is 9.99. The predicted octanol–water partition coefficient (Wildman–Crippen LogP) is 2.24. The summed E-state index contributed by atoms with van der Waals surface area (Å²) in [6.07, 6.45) is 1.41. The van der Waals surface area contributed by atoms with Crippen molar-refractivity contribution in [3.05, 3.63) is 47.7 Å². The van der Waals surface area contributed by atoms with Gasteiger partial charge in [0.15, 0.2) is 11.6 Å². The zero-order chi connectivity index (χ0) is 12.6. The minimum Gasteiger partial charge on any atom is -0.493 e. The molecule has 3 nitrogen and oxygen atoms in total. The summed E-state index contributed by atoms with van der Waals surface area (Å²) in [5, 5.41) is 0. The molecule has 0 amide bonds. The number of nitrogens with two attached hydrogens (primary N) is 1. The van der Waals surface area contributed by atoms with Crippen molar-refractivity contribution < 1.29 is 13.5 Å². The Morgan fingerprint density at radius 1 is 1.35 bits per heavy atom. The van der Waals surface area contributed by atoms with Crippen LogP contribution in [0.25, 0.3) is 5.57 Å². The molecular weight excluding hydrogens is 226 g/mol. The van der Waals surface area contributed by atoms with Crippen LogP contribution in [0.1, 0.15) is 5.56 Å². The monoisotopic (exact) mass is 236 g/mol. The fourth-order valence-electron chi connectivity index (χ4n) is 1.63. The average Bonchev–Trinajstić information content (AvgIpc) is 2.59. The van der Waals surface area contributed by atoms with Gasteiger partial charge >= 0.3 is 0 Å². The van der Waals surface area contributed by atoms with Crippen molar-refractivity contribution in [3.8, 4) is 5.75 Å². The van der Waals surface area contributed by atoms with E-state index in [0.29, 0.717) is 11.1 Å². The molecule has 0 fully saturated rings. The van der Waals surface area contributed by atoms with Crippen LogP contribution in [-0.2, 0) is 0 Å². The zero-order valence-electron chi connectivity index (χ0n) is 9.13. The summed E-state index contributed by atoms with van der Waals surface area (Å²) < 4.78 is 31.6. The van der Waals surface area contributed by atoms with Gasteiger partial charge in [-0.2, -0.15) is 0 Å². The van der Waals surface area contributed by atoms with E-state index >= 15 is 0 Å². The quantitative estimate of drug-likeness (QED) is 0.856. The summed E-state index contributed by atoms with van der Waals surface area (Å²) in [6, 6.07) is 1.91. The second kappa shape index (κ2) is 4.01. The van der Waals surface area contributed by atoms with Crippen LogP contribution in [0.4, 0.5) is 8.78 Å². The lowest BCUT2D eigenvalue weighted by molar-refractivity contribution is 0.383. The van der Waals surface area contributed by atoms with E-state index in [1.165, 1.54) is 13.3 Å². The Kier molecular flexibility index (Phi) is 2.67. The van der Waals surface area contributed by atoms with E-state index in [4.69, 9.17) is 10.5 Å². The molecule has 1 aromatic carbocycles. The van der Waals surface area contributed by atoms with Gasteiger partial charge in [-0.05, 0) is 6.07 Å². The molecule has 0 aromatic heterocycles. The van der Waals surface area contributed by atoms with Gasteiger partial charge in [0.2, 0.25) is 0 Å². The first kappa shape index (κ1) is 11.3. The van der Waals surface area contributed by atoms with E-state index in [-0.39, 0.29) is 17.1 Å². The van der Waals surface area contributed by atoms with Crippen LogP contribution >= 0.6 is 0 Å². The second-order valence-electron chi connectivity index (χ2n) is 3.50. The van der Waals surface area contributed by atoms with E-state index in [1.807, 2.05) is 0 Å². The van der Waals surface area contributed by atoms with Crippen LogP contribution in [0.15, 0.2) is 35.5 Å². The molecule has 1 aliphatic heterocycles. The van der Waals surface area contributed by atoms with E-state index in [0.717, 1.165) is 12.1 Å². The molecule has 2 N–H and O–H groups in total. The van der Waals surface area contributed by atoms with Gasteiger partial charge in [0, 0.05) is 29.0 Å². The predicted molar refractivity (Wildman–Crippen MR) is 61.6 cm³/mol. The Morgan fingerprint density at radius 3 is 2.59 bits per heavy atom. The molecule has 2 rings (SSSR count). The summed E-state index contributed by atoms with van der Waals surface area (Å²) in [7, 11) is 1.31. The highest BCUT2D eigenvalue weighted by molar-refractivity contribution is 6.14. The third-order valence-electron chi connectivity index (χ3n) is 2.47. The molecule has 1 aromatic rings. The van der Waals surface area contributed by atoms with Crippen molar-refractivity contribution in [1.29, 1.82) is 0 Å². The Hall–Kier alpha value is -2.17. The summed E-state index contributed by atoms with van der Waals surface area (Å²) in [5.41, 5.74) is 6.67. The topological polar surface area (TPSA) is 47.6 Å². The van der Waals surface area contributed by atoms with Gasteiger partial charge in [-0.3, -0.25) is 0 Å². The smallest absolute Gasteiger partial charge is 0.168 e. The van der Waals surface area contributed by atoms with Crippen LogP contribution in [-0.4, -0.2) is 12.9 Å². The molecule has 0 radical (unpaired) electrons. The molecule has 88 valence electrons. The standard InChI is InChI=1S/C12H10F2N2O/c1-6-9(5-16-12(6)15)8-3-7(13)4-10(14)11(8)17-2/h3-5H,1H2,2H3,(H2,15,16). The van der Waals surface area contributed by atoms with E-state index in [1.54, 1.807) is 0 Å². The first-order valence-electron chi connectivity index (χ1n) is 4.81. The second-order valence-corrected chi connectivity index (χ2v) is 3.50. The number of amidine groups is 1. The molecule has 1 aliphatic rings. The molecule has 0 saturated heterocycles. The number of hydrogen-bond acceptors (Lipinski definition) is 3. The number of methoxy groups -OCH3 is 1. The highest BCUT2D eigenvalue weighted by atomic mass is 19.1. The summed E-state index contributed by atoms with van der Waals surface area (Å²) >= 11 is 0. The third kappa shape index (κ3) is 1.80. The molecule has 0 atom stereocenters. The van der Waals surface area contributed by atoms with Gasteiger partial charge in [0.25, 0.3) is 0 Å². The maximum absolute atomic E-state index is 13.5.